The summed E-state index contributed by atoms with van der Waals surface area (Å²) in [5.41, 5.74) is 3.91. The largest absolute Gasteiger partial charge is 0.484 e. The molecule has 6 rings (SSSR count). The van der Waals surface area contributed by atoms with Gasteiger partial charge in [0.25, 0.3) is 5.91 Å². The number of amides is 1. The Labute approximate surface area is 236 Å². The van der Waals surface area contributed by atoms with Gasteiger partial charge in [0.15, 0.2) is 12.3 Å². The molecule has 1 aliphatic rings. The van der Waals surface area contributed by atoms with Crippen molar-refractivity contribution in [3.8, 4) is 22.6 Å². The predicted octanol–water partition coefficient (Wildman–Crippen LogP) is 6.12. The van der Waals surface area contributed by atoms with E-state index in [4.69, 9.17) is 32.9 Å². The van der Waals surface area contributed by atoms with Crippen LogP contribution in [-0.2, 0) is 4.79 Å². The standard InChI is InChI=1S/C30H25Cl2N5O2/c31-22-6-10-24(11-7-22)37-18-26(21-4-2-1-3-5-21)28-29(33-20-34-30(28)37)36-16-14-35(15-17-36)27(38)19-39-25-12-8-23(32)9-13-25/h1-13,18,20H,14-17,19H2. The highest BCUT2D eigenvalue weighted by atomic mass is 35.5. The number of fused-ring (bicyclic) bond motifs is 1. The number of ether oxygens (including phenoxy) is 1. The predicted molar refractivity (Wildman–Crippen MR) is 155 cm³/mol. The first-order valence-corrected chi connectivity index (χ1v) is 13.4. The highest BCUT2D eigenvalue weighted by Gasteiger charge is 2.26. The molecule has 0 bridgehead atoms. The zero-order valence-corrected chi connectivity index (χ0v) is 22.5. The summed E-state index contributed by atoms with van der Waals surface area (Å²) in [6.07, 6.45) is 3.71. The molecule has 1 aliphatic heterocycles. The van der Waals surface area contributed by atoms with Gasteiger partial charge in [-0.25, -0.2) is 9.97 Å². The van der Waals surface area contributed by atoms with Crippen molar-refractivity contribution in [2.24, 2.45) is 0 Å². The summed E-state index contributed by atoms with van der Waals surface area (Å²) in [7, 11) is 0. The maximum Gasteiger partial charge on any atom is 0.260 e. The third-order valence-electron chi connectivity index (χ3n) is 6.86. The smallest absolute Gasteiger partial charge is 0.260 e. The Balaban J connectivity index is 1.26. The first-order valence-electron chi connectivity index (χ1n) is 12.7. The van der Waals surface area contributed by atoms with E-state index in [-0.39, 0.29) is 12.5 Å². The molecule has 1 amide bonds. The van der Waals surface area contributed by atoms with E-state index in [1.807, 2.05) is 47.4 Å². The Hall–Kier alpha value is -4.07. The van der Waals surface area contributed by atoms with Crippen molar-refractivity contribution in [2.75, 3.05) is 37.7 Å². The maximum atomic E-state index is 12.8. The SMILES string of the molecule is O=C(COc1ccc(Cl)cc1)N1CCN(c2ncnc3c2c(-c2ccccc2)cn3-c2ccc(Cl)cc2)CC1. The molecule has 5 aromatic rings. The van der Waals surface area contributed by atoms with E-state index in [0.717, 1.165) is 33.7 Å². The molecule has 0 aliphatic carbocycles. The van der Waals surface area contributed by atoms with Gasteiger partial charge < -0.3 is 19.1 Å². The van der Waals surface area contributed by atoms with Crippen molar-refractivity contribution in [2.45, 2.75) is 0 Å². The normalized spacial score (nSPS) is 13.6. The number of aromatic nitrogens is 3. The van der Waals surface area contributed by atoms with Gasteiger partial charge in [0.1, 0.15) is 17.9 Å². The Morgan fingerprint density at radius 2 is 1.49 bits per heavy atom. The second kappa shape index (κ2) is 11.0. The monoisotopic (exact) mass is 557 g/mol. The van der Waals surface area contributed by atoms with Gasteiger partial charge in [0, 0.05) is 53.7 Å². The summed E-state index contributed by atoms with van der Waals surface area (Å²) in [6, 6.07) is 25.0. The zero-order chi connectivity index (χ0) is 26.8. The zero-order valence-electron chi connectivity index (χ0n) is 21.0. The van der Waals surface area contributed by atoms with Crippen molar-refractivity contribution in [1.29, 1.82) is 0 Å². The molecule has 2 aromatic heterocycles. The topological polar surface area (TPSA) is 63.5 Å². The second-order valence-corrected chi connectivity index (χ2v) is 10.1. The number of anilines is 1. The minimum atomic E-state index is -0.0451. The molecule has 0 atom stereocenters. The number of piperazine rings is 1. The van der Waals surface area contributed by atoms with Crippen LogP contribution in [0.25, 0.3) is 27.8 Å². The van der Waals surface area contributed by atoms with E-state index in [1.54, 1.807) is 30.6 Å². The van der Waals surface area contributed by atoms with E-state index in [1.165, 1.54) is 0 Å². The Bertz CT molecular complexity index is 1600. The van der Waals surface area contributed by atoms with Gasteiger partial charge in [-0.15, -0.1) is 0 Å². The number of nitrogens with zero attached hydrogens (tertiary/aromatic N) is 5. The summed E-state index contributed by atoms with van der Waals surface area (Å²) in [6.45, 7) is 2.44. The van der Waals surface area contributed by atoms with Gasteiger partial charge in [0.05, 0.1) is 5.39 Å². The quantitative estimate of drug-likeness (QED) is 0.251. The van der Waals surface area contributed by atoms with Crippen LogP contribution in [0.15, 0.2) is 91.4 Å². The Morgan fingerprint density at radius 3 is 2.18 bits per heavy atom. The van der Waals surface area contributed by atoms with Crippen LogP contribution in [0.4, 0.5) is 5.82 Å². The lowest BCUT2D eigenvalue weighted by Gasteiger charge is -2.35. The van der Waals surface area contributed by atoms with E-state index < -0.39 is 0 Å². The number of rotatable bonds is 6. The molecular formula is C30H25Cl2N5O2. The lowest BCUT2D eigenvalue weighted by atomic mass is 10.1. The number of carbonyl (C=O) groups excluding carboxylic acids is 1. The molecule has 9 heteroatoms. The molecule has 1 fully saturated rings. The number of hydrogen-bond donors (Lipinski definition) is 0. The third-order valence-corrected chi connectivity index (χ3v) is 7.36. The molecule has 7 nitrogen and oxygen atoms in total. The van der Waals surface area contributed by atoms with E-state index in [2.05, 4.69) is 32.8 Å². The highest BCUT2D eigenvalue weighted by Crippen LogP contribution is 2.37. The van der Waals surface area contributed by atoms with Gasteiger partial charge in [-0.1, -0.05) is 53.5 Å². The molecule has 196 valence electrons. The molecule has 39 heavy (non-hydrogen) atoms. The van der Waals surface area contributed by atoms with Gasteiger partial charge >= 0.3 is 0 Å². The summed E-state index contributed by atoms with van der Waals surface area (Å²) in [5, 5.41) is 2.28. The molecule has 0 unspecified atom stereocenters. The lowest BCUT2D eigenvalue weighted by Crippen LogP contribution is -2.50. The van der Waals surface area contributed by atoms with Crippen molar-refractivity contribution in [1.82, 2.24) is 19.4 Å². The fraction of sp³-hybridized carbons (Fsp3) is 0.167. The van der Waals surface area contributed by atoms with Crippen molar-refractivity contribution in [3.63, 3.8) is 0 Å². The highest BCUT2D eigenvalue weighted by molar-refractivity contribution is 6.30. The van der Waals surface area contributed by atoms with Gasteiger partial charge in [-0.05, 0) is 54.1 Å². The average molecular weight is 558 g/mol. The number of carbonyl (C=O) groups is 1. The third kappa shape index (κ3) is 5.28. The van der Waals surface area contributed by atoms with E-state index in [0.29, 0.717) is 42.0 Å². The maximum absolute atomic E-state index is 12.8. The summed E-state index contributed by atoms with van der Waals surface area (Å²) < 4.78 is 7.74. The van der Waals surface area contributed by atoms with Crippen LogP contribution in [0.1, 0.15) is 0 Å². The minimum Gasteiger partial charge on any atom is -0.484 e. The summed E-state index contributed by atoms with van der Waals surface area (Å²) >= 11 is 12.1. The van der Waals surface area contributed by atoms with E-state index >= 15 is 0 Å². The second-order valence-electron chi connectivity index (χ2n) is 9.26. The van der Waals surface area contributed by atoms with Crippen molar-refractivity contribution in [3.05, 3.63) is 101 Å². The van der Waals surface area contributed by atoms with Crippen LogP contribution in [0, 0.1) is 0 Å². The minimum absolute atomic E-state index is 0.0124. The summed E-state index contributed by atoms with van der Waals surface area (Å²) in [5.74, 6) is 1.43. The van der Waals surface area contributed by atoms with E-state index in [9.17, 15) is 4.79 Å². The van der Waals surface area contributed by atoms with Crippen LogP contribution >= 0.6 is 23.2 Å². The molecule has 0 saturated carbocycles. The first-order chi connectivity index (χ1) is 19.1. The molecule has 0 N–H and O–H groups in total. The molecule has 3 aromatic carbocycles. The van der Waals surface area contributed by atoms with Crippen LogP contribution in [0.3, 0.4) is 0 Å². The Kier molecular flexibility index (Phi) is 7.09. The van der Waals surface area contributed by atoms with Crippen LogP contribution < -0.4 is 9.64 Å². The van der Waals surface area contributed by atoms with Crippen molar-refractivity contribution < 1.29 is 9.53 Å². The van der Waals surface area contributed by atoms with Crippen LogP contribution in [0.2, 0.25) is 10.0 Å². The molecule has 3 heterocycles. The van der Waals surface area contributed by atoms with Gasteiger partial charge in [0.2, 0.25) is 0 Å². The molecule has 0 spiro atoms. The molecule has 1 saturated heterocycles. The fourth-order valence-corrected chi connectivity index (χ4v) is 5.11. The van der Waals surface area contributed by atoms with Gasteiger partial charge in [-0.2, -0.15) is 0 Å². The fourth-order valence-electron chi connectivity index (χ4n) is 4.86. The summed E-state index contributed by atoms with van der Waals surface area (Å²) in [4.78, 5) is 26.3. The van der Waals surface area contributed by atoms with Gasteiger partial charge in [-0.3, -0.25) is 4.79 Å². The Morgan fingerprint density at radius 1 is 0.821 bits per heavy atom. The van der Waals surface area contributed by atoms with Crippen LogP contribution in [0.5, 0.6) is 5.75 Å². The first kappa shape index (κ1) is 25.2. The van der Waals surface area contributed by atoms with Crippen molar-refractivity contribution >= 4 is 46.0 Å². The number of hydrogen-bond acceptors (Lipinski definition) is 5. The lowest BCUT2D eigenvalue weighted by molar-refractivity contribution is -0.133. The average Bonchev–Trinajstić information content (AvgIpc) is 3.38. The molecular weight excluding hydrogens is 533 g/mol. The number of halogens is 2. The van der Waals surface area contributed by atoms with Crippen LogP contribution in [-0.4, -0.2) is 58.1 Å². The number of benzene rings is 3. The molecule has 0 radical (unpaired) electrons.